The van der Waals surface area contributed by atoms with Gasteiger partial charge >= 0.3 is 0 Å². The van der Waals surface area contributed by atoms with Crippen molar-refractivity contribution in [1.82, 2.24) is 9.97 Å². The van der Waals surface area contributed by atoms with Crippen molar-refractivity contribution >= 4 is 66.7 Å². The summed E-state index contributed by atoms with van der Waals surface area (Å²) in [4.78, 5) is 57.4. The number of para-hydroxylation sites is 4. The Balaban J connectivity index is 1.23. The molecule has 6 rings (SSSR count). The highest BCUT2D eigenvalue weighted by atomic mass is 16.2. The number of nitrogens with one attached hydrogen (secondary N) is 2. The number of hydrogen-bond donors (Lipinski definition) is 2. The van der Waals surface area contributed by atoms with Crippen LogP contribution in [0, 0.1) is 0 Å². The Labute approximate surface area is 204 Å². The predicted octanol–water partition coefficient (Wildman–Crippen LogP) is 5.02. The van der Waals surface area contributed by atoms with Gasteiger partial charge in [0.05, 0.1) is 11.0 Å². The van der Waals surface area contributed by atoms with Crippen LogP contribution in [0.1, 0.15) is 11.1 Å². The summed E-state index contributed by atoms with van der Waals surface area (Å²) in [6.45, 7) is 0. The Morgan fingerprint density at radius 3 is 1.31 bits per heavy atom. The highest BCUT2D eigenvalue weighted by molar-refractivity contribution is 6.78. The molecule has 2 heterocycles. The predicted molar refractivity (Wildman–Crippen MR) is 139 cm³/mol. The molecule has 0 amide bonds. The minimum absolute atomic E-state index is 0.264. The van der Waals surface area contributed by atoms with E-state index in [1.807, 2.05) is 72.8 Å². The summed E-state index contributed by atoms with van der Waals surface area (Å²) in [7, 11) is 0. The Morgan fingerprint density at radius 1 is 0.472 bits per heavy atom. The molecule has 6 heteroatoms. The third kappa shape index (κ3) is 3.51. The molecule has 0 aliphatic rings. The smallest absolute Gasteiger partial charge is 0.272 e. The summed E-state index contributed by atoms with van der Waals surface area (Å²) in [5.74, 6) is -4.36. The van der Waals surface area contributed by atoms with Gasteiger partial charge in [-0.1, -0.05) is 72.8 Å². The lowest BCUT2D eigenvalue weighted by Gasteiger charge is -2.04. The number of aromatic amines is 2. The molecule has 36 heavy (non-hydrogen) atoms. The summed E-state index contributed by atoms with van der Waals surface area (Å²) < 4.78 is 0. The molecule has 0 saturated carbocycles. The standard InChI is InChI=1S/C30H20N2O4/c33-25(15-17-7-5-11-21-19-9-1-3-13-23(19)31-27(17)21)29(35)30(36)26(34)16-18-8-6-12-22-20-10-2-4-14-24(20)32-28(18)22/h1-14,31-32H,15-16H2. The highest BCUT2D eigenvalue weighted by Crippen LogP contribution is 2.29. The molecule has 6 aromatic rings. The molecule has 0 radical (unpaired) electrons. The van der Waals surface area contributed by atoms with Crippen molar-refractivity contribution < 1.29 is 19.2 Å². The van der Waals surface area contributed by atoms with Crippen molar-refractivity contribution in [1.29, 1.82) is 0 Å². The molecule has 2 N–H and O–H groups in total. The van der Waals surface area contributed by atoms with Crippen LogP contribution >= 0.6 is 0 Å². The van der Waals surface area contributed by atoms with Crippen LogP contribution in [0.3, 0.4) is 0 Å². The number of ketones is 4. The first-order valence-electron chi connectivity index (χ1n) is 11.6. The maximum absolute atomic E-state index is 12.8. The lowest BCUT2D eigenvalue weighted by atomic mass is 9.97. The summed E-state index contributed by atoms with van der Waals surface area (Å²) in [5.41, 5.74) is 4.51. The Hall–Kier alpha value is -4.84. The quantitative estimate of drug-likeness (QED) is 0.252. The molecule has 0 aliphatic carbocycles. The summed E-state index contributed by atoms with van der Waals surface area (Å²) in [5, 5.41) is 3.87. The monoisotopic (exact) mass is 472 g/mol. The zero-order valence-corrected chi connectivity index (χ0v) is 19.1. The second kappa shape index (κ2) is 8.43. The van der Waals surface area contributed by atoms with E-state index in [0.717, 1.165) is 43.6 Å². The summed E-state index contributed by atoms with van der Waals surface area (Å²) >= 11 is 0. The number of carbonyl (C=O) groups is 4. The van der Waals surface area contributed by atoms with Crippen molar-refractivity contribution in [3.8, 4) is 0 Å². The summed E-state index contributed by atoms with van der Waals surface area (Å²) in [6.07, 6.45) is -0.529. The van der Waals surface area contributed by atoms with Gasteiger partial charge in [0.15, 0.2) is 0 Å². The van der Waals surface area contributed by atoms with Gasteiger partial charge in [0.25, 0.3) is 11.6 Å². The van der Waals surface area contributed by atoms with Crippen LogP contribution in [0.25, 0.3) is 43.6 Å². The van der Waals surface area contributed by atoms with E-state index < -0.39 is 23.1 Å². The minimum atomic E-state index is -1.28. The van der Waals surface area contributed by atoms with Gasteiger partial charge in [-0.2, -0.15) is 0 Å². The molecule has 2 aromatic heterocycles. The van der Waals surface area contributed by atoms with E-state index in [2.05, 4.69) is 9.97 Å². The highest BCUT2D eigenvalue weighted by Gasteiger charge is 2.29. The van der Waals surface area contributed by atoms with Crippen molar-refractivity contribution in [2.24, 2.45) is 0 Å². The van der Waals surface area contributed by atoms with E-state index in [1.165, 1.54) is 0 Å². The van der Waals surface area contributed by atoms with Crippen LogP contribution in [0.2, 0.25) is 0 Å². The fourth-order valence-electron chi connectivity index (χ4n) is 4.92. The largest absolute Gasteiger partial charge is 0.354 e. The average Bonchev–Trinajstić information content (AvgIpc) is 3.48. The minimum Gasteiger partial charge on any atom is -0.354 e. The molecule has 0 spiro atoms. The molecule has 6 nitrogen and oxygen atoms in total. The first-order valence-corrected chi connectivity index (χ1v) is 11.6. The van der Waals surface area contributed by atoms with Gasteiger partial charge < -0.3 is 9.97 Å². The molecule has 0 saturated heterocycles. The van der Waals surface area contributed by atoms with Crippen LogP contribution in [-0.2, 0) is 32.0 Å². The number of H-pyrrole nitrogens is 2. The molecular formula is C30H20N2O4. The third-order valence-electron chi connectivity index (χ3n) is 6.67. The number of hydrogen-bond acceptors (Lipinski definition) is 4. The van der Waals surface area contributed by atoms with Gasteiger partial charge in [0, 0.05) is 45.4 Å². The SMILES string of the molecule is O=C(Cc1cccc2c1[nH]c1ccccc12)C(=O)C(=O)C(=O)Cc1cccc2c1[nH]c1ccccc12. The van der Waals surface area contributed by atoms with Crippen LogP contribution in [0.5, 0.6) is 0 Å². The van der Waals surface area contributed by atoms with E-state index >= 15 is 0 Å². The molecule has 174 valence electrons. The fraction of sp³-hybridized carbons (Fsp3) is 0.0667. The maximum Gasteiger partial charge on any atom is 0.272 e. The molecular weight excluding hydrogens is 452 g/mol. The lowest BCUT2D eigenvalue weighted by molar-refractivity contribution is -0.148. The van der Waals surface area contributed by atoms with Crippen LogP contribution < -0.4 is 0 Å². The zero-order valence-electron chi connectivity index (χ0n) is 19.1. The van der Waals surface area contributed by atoms with E-state index in [-0.39, 0.29) is 12.8 Å². The number of fused-ring (bicyclic) bond motifs is 6. The second-order valence-corrected chi connectivity index (χ2v) is 8.88. The van der Waals surface area contributed by atoms with Crippen molar-refractivity contribution in [3.63, 3.8) is 0 Å². The van der Waals surface area contributed by atoms with Crippen molar-refractivity contribution in [3.05, 3.63) is 96.1 Å². The van der Waals surface area contributed by atoms with Crippen molar-refractivity contribution in [2.45, 2.75) is 12.8 Å². The number of benzene rings is 4. The number of rotatable bonds is 7. The van der Waals surface area contributed by atoms with Gasteiger partial charge in [-0.3, -0.25) is 19.2 Å². The van der Waals surface area contributed by atoms with Gasteiger partial charge in [0.2, 0.25) is 11.6 Å². The van der Waals surface area contributed by atoms with Crippen LogP contribution in [0.15, 0.2) is 84.9 Å². The van der Waals surface area contributed by atoms with Crippen molar-refractivity contribution in [2.75, 3.05) is 0 Å². The third-order valence-corrected chi connectivity index (χ3v) is 6.67. The first-order chi connectivity index (χ1) is 17.5. The normalized spacial score (nSPS) is 11.4. The van der Waals surface area contributed by atoms with Crippen LogP contribution in [-0.4, -0.2) is 33.1 Å². The van der Waals surface area contributed by atoms with Gasteiger partial charge in [-0.15, -0.1) is 0 Å². The van der Waals surface area contributed by atoms with E-state index in [9.17, 15) is 19.2 Å². The molecule has 4 aromatic carbocycles. The zero-order chi connectivity index (χ0) is 24.8. The Bertz CT molecular complexity index is 1730. The van der Waals surface area contributed by atoms with Gasteiger partial charge in [0.1, 0.15) is 0 Å². The molecule has 0 fully saturated rings. The maximum atomic E-state index is 12.8. The number of aromatic nitrogens is 2. The average molecular weight is 473 g/mol. The van der Waals surface area contributed by atoms with Crippen LogP contribution in [0.4, 0.5) is 0 Å². The molecule has 0 unspecified atom stereocenters. The molecule has 0 bridgehead atoms. The van der Waals surface area contributed by atoms with E-state index in [1.54, 1.807) is 12.1 Å². The number of carbonyl (C=O) groups excluding carboxylic acids is 4. The Kier molecular flexibility index (Phi) is 5.08. The van der Waals surface area contributed by atoms with E-state index in [0.29, 0.717) is 11.1 Å². The van der Waals surface area contributed by atoms with E-state index in [4.69, 9.17) is 0 Å². The topological polar surface area (TPSA) is 99.9 Å². The van der Waals surface area contributed by atoms with Gasteiger partial charge in [-0.25, -0.2) is 0 Å². The lowest BCUT2D eigenvalue weighted by Crippen LogP contribution is -2.32. The Morgan fingerprint density at radius 2 is 0.861 bits per heavy atom. The first kappa shape index (κ1) is 21.7. The fourth-order valence-corrected chi connectivity index (χ4v) is 4.92. The molecule has 0 atom stereocenters. The number of Topliss-reactive ketones (excluding diaryl/α,β-unsaturated/α-hetero) is 4. The van der Waals surface area contributed by atoms with Gasteiger partial charge in [-0.05, 0) is 23.3 Å². The molecule has 0 aliphatic heterocycles. The second-order valence-electron chi connectivity index (χ2n) is 8.88. The summed E-state index contributed by atoms with van der Waals surface area (Å²) in [6, 6.07) is 26.5.